The third-order valence-electron chi connectivity index (χ3n) is 8.32. The number of hydrogen-bond donors (Lipinski definition) is 2. The van der Waals surface area contributed by atoms with Crippen LogP contribution in [-0.2, 0) is 13.6 Å². The average molecular weight is 740 g/mol. The van der Waals surface area contributed by atoms with E-state index in [2.05, 4.69) is 46.1 Å². The number of rotatable bonds is 12. The quantitative estimate of drug-likeness (QED) is 0.120. The monoisotopic (exact) mass is 739 g/mol. The standard InChI is InChI=1S/C39H40N3O6P3/c1-43-49(46-37-25-19-34(20-26-37)31-13-7-4-8-14-31)40-50(44-2,47-38-27-21-35(22-28-38)32-15-9-5-10-16-32)42-51(41-49,45-3)48-39-29-23-36(24-30-39)33-17-11-6-12-18-33/h4-30,40-41,49-50H,1-3H3. The second-order valence-electron chi connectivity index (χ2n) is 11.6. The van der Waals surface area contributed by atoms with Gasteiger partial charge in [-0.1, -0.05) is 0 Å². The molecule has 0 aromatic heterocycles. The Morgan fingerprint density at radius 2 is 0.843 bits per heavy atom. The van der Waals surface area contributed by atoms with E-state index in [-0.39, 0.29) is 0 Å². The zero-order valence-electron chi connectivity index (χ0n) is 28.4. The van der Waals surface area contributed by atoms with Crippen LogP contribution in [0.25, 0.3) is 33.4 Å². The van der Waals surface area contributed by atoms with E-state index in [4.69, 9.17) is 31.7 Å². The van der Waals surface area contributed by atoms with Gasteiger partial charge in [-0.2, -0.15) is 0 Å². The Hall–Kier alpha value is -4.39. The first-order valence-electron chi connectivity index (χ1n) is 16.4. The van der Waals surface area contributed by atoms with Crippen molar-refractivity contribution >= 4 is 23.7 Å². The number of nitrogens with zero attached hydrogens (tertiary/aromatic N) is 1. The van der Waals surface area contributed by atoms with E-state index in [1.165, 1.54) is 0 Å². The molecule has 2 N–H and O–H groups in total. The summed E-state index contributed by atoms with van der Waals surface area (Å²) in [4.78, 5) is 6.89. The van der Waals surface area contributed by atoms with Crippen molar-refractivity contribution in [3.05, 3.63) is 164 Å². The van der Waals surface area contributed by atoms with Gasteiger partial charge in [-0.3, -0.25) is 0 Å². The molecule has 6 aromatic carbocycles. The van der Waals surface area contributed by atoms with Crippen molar-refractivity contribution in [2.75, 3.05) is 21.3 Å². The zero-order chi connectivity index (χ0) is 35.2. The summed E-state index contributed by atoms with van der Waals surface area (Å²) in [6, 6.07) is 53.8. The summed E-state index contributed by atoms with van der Waals surface area (Å²) in [6.07, 6.45) is 0. The van der Waals surface area contributed by atoms with E-state index in [9.17, 15) is 0 Å². The van der Waals surface area contributed by atoms with Gasteiger partial charge >= 0.3 is 301 Å². The van der Waals surface area contributed by atoms with Gasteiger partial charge < -0.3 is 0 Å². The Morgan fingerprint density at radius 1 is 0.451 bits per heavy atom. The van der Waals surface area contributed by atoms with Crippen LogP contribution in [0, 0.1) is 0 Å². The second-order valence-corrected chi connectivity index (χ2v) is 19.5. The van der Waals surface area contributed by atoms with Gasteiger partial charge in [0.2, 0.25) is 0 Å². The summed E-state index contributed by atoms with van der Waals surface area (Å²) < 4.78 is 43.7. The van der Waals surface area contributed by atoms with Crippen LogP contribution >= 0.6 is 23.7 Å². The molecule has 51 heavy (non-hydrogen) atoms. The van der Waals surface area contributed by atoms with Crippen LogP contribution in [0.15, 0.2) is 168 Å². The van der Waals surface area contributed by atoms with Crippen LogP contribution in [0.5, 0.6) is 17.2 Å². The Labute approximate surface area is 300 Å². The van der Waals surface area contributed by atoms with Crippen LogP contribution in [0.3, 0.4) is 0 Å². The van der Waals surface area contributed by atoms with Crippen molar-refractivity contribution in [1.82, 2.24) is 9.72 Å². The molecule has 0 radical (unpaired) electrons. The van der Waals surface area contributed by atoms with E-state index in [1.54, 1.807) is 21.3 Å². The van der Waals surface area contributed by atoms with Gasteiger partial charge in [0.25, 0.3) is 0 Å². The topological polar surface area (TPSA) is 91.8 Å². The Morgan fingerprint density at radius 3 is 1.24 bits per heavy atom. The summed E-state index contributed by atoms with van der Waals surface area (Å²) in [7, 11) is -6.29. The molecule has 1 aliphatic rings. The van der Waals surface area contributed by atoms with E-state index < -0.39 is 23.7 Å². The Kier molecular flexibility index (Phi) is 10.6. The molecular weight excluding hydrogens is 699 g/mol. The van der Waals surface area contributed by atoms with Gasteiger partial charge in [-0.25, -0.2) is 0 Å². The minimum absolute atomic E-state index is 0.542. The molecule has 7 rings (SSSR count). The Bertz CT molecular complexity index is 2090. The molecule has 6 aromatic rings. The van der Waals surface area contributed by atoms with Gasteiger partial charge in [0.15, 0.2) is 0 Å². The maximum absolute atomic E-state index is 6.70. The SMILES string of the molecule is COP1(Oc2ccc(-c3ccccc3)cc2)=N[PH](OC)(Oc2ccc(-c3ccccc3)cc2)N[PH](OC)(Oc2ccc(-c3ccccc3)cc2)N1. The predicted molar refractivity (Wildman–Crippen MR) is 211 cm³/mol. The fraction of sp³-hybridized carbons (Fsp3) is 0.0769. The molecule has 0 fully saturated rings. The maximum atomic E-state index is 6.70. The Balaban J connectivity index is 1.24. The van der Waals surface area contributed by atoms with Crippen molar-refractivity contribution < 1.29 is 27.1 Å². The fourth-order valence-electron chi connectivity index (χ4n) is 5.68. The molecule has 0 bridgehead atoms. The molecule has 9 nitrogen and oxygen atoms in total. The molecule has 0 aliphatic carbocycles. The van der Waals surface area contributed by atoms with E-state index >= 15 is 0 Å². The summed E-state index contributed by atoms with van der Waals surface area (Å²) in [5.74, 6) is 1.66. The molecular formula is C39H40N3O6P3. The van der Waals surface area contributed by atoms with Crippen LogP contribution in [-0.4, -0.2) is 21.3 Å². The van der Waals surface area contributed by atoms with E-state index in [1.807, 2.05) is 127 Å². The van der Waals surface area contributed by atoms with Gasteiger partial charge in [0.1, 0.15) is 0 Å². The van der Waals surface area contributed by atoms with Crippen molar-refractivity contribution in [2.45, 2.75) is 0 Å². The first-order valence-corrected chi connectivity index (χ1v) is 21.5. The molecule has 0 saturated carbocycles. The van der Waals surface area contributed by atoms with Crippen molar-refractivity contribution in [3.63, 3.8) is 0 Å². The normalized spacial score (nSPS) is 18.8. The fourth-order valence-corrected chi connectivity index (χ4v) is 17.1. The van der Waals surface area contributed by atoms with Crippen LogP contribution in [0.1, 0.15) is 0 Å². The zero-order valence-corrected chi connectivity index (χ0v) is 31.3. The molecule has 0 spiro atoms. The summed E-state index contributed by atoms with van der Waals surface area (Å²) in [6.45, 7) is 0. The molecule has 12 heteroatoms. The molecule has 1 aliphatic heterocycles. The molecule has 1 unspecified atom stereocenters. The van der Waals surface area contributed by atoms with Gasteiger partial charge in [-0.05, 0) is 0 Å². The summed E-state index contributed by atoms with van der Waals surface area (Å²) in [5.41, 5.74) is 6.45. The van der Waals surface area contributed by atoms with E-state index in [0.29, 0.717) is 17.2 Å². The van der Waals surface area contributed by atoms with Crippen LogP contribution in [0.2, 0.25) is 0 Å². The summed E-state index contributed by atoms with van der Waals surface area (Å²) in [5, 5.41) is 0. The van der Waals surface area contributed by atoms with Crippen LogP contribution < -0.4 is 23.3 Å². The van der Waals surface area contributed by atoms with E-state index in [0.717, 1.165) is 33.4 Å². The molecule has 1 atom stereocenters. The first-order chi connectivity index (χ1) is 24.9. The number of nitrogens with one attached hydrogen (secondary N) is 2. The second kappa shape index (κ2) is 15.5. The van der Waals surface area contributed by atoms with Crippen molar-refractivity contribution in [3.8, 4) is 50.6 Å². The van der Waals surface area contributed by atoms with Gasteiger partial charge in [0, 0.05) is 0 Å². The molecule has 0 saturated heterocycles. The van der Waals surface area contributed by atoms with Gasteiger partial charge in [0.05, 0.1) is 0 Å². The van der Waals surface area contributed by atoms with Crippen molar-refractivity contribution in [1.29, 1.82) is 0 Å². The number of hydrogen-bond acceptors (Lipinski definition) is 9. The van der Waals surface area contributed by atoms with Gasteiger partial charge in [-0.15, -0.1) is 0 Å². The minimum atomic E-state index is -3.82. The third-order valence-corrected chi connectivity index (χ3v) is 18.4. The predicted octanol–water partition coefficient (Wildman–Crippen LogP) is 11.1. The number of benzene rings is 6. The molecule has 262 valence electrons. The molecule has 1 heterocycles. The summed E-state index contributed by atoms with van der Waals surface area (Å²) >= 11 is 0. The van der Waals surface area contributed by atoms with Crippen molar-refractivity contribution in [2.24, 2.45) is 4.52 Å². The first kappa shape index (κ1) is 35.0. The third kappa shape index (κ3) is 8.08. The van der Waals surface area contributed by atoms with Crippen LogP contribution in [0.4, 0.5) is 0 Å². The average Bonchev–Trinajstić information content (AvgIpc) is 3.20. The molecule has 0 amide bonds.